The van der Waals surface area contributed by atoms with Crippen LogP contribution in [0.5, 0.6) is 0 Å². The summed E-state index contributed by atoms with van der Waals surface area (Å²) in [5, 5.41) is 14.5. The van der Waals surface area contributed by atoms with Gasteiger partial charge in [0.25, 0.3) is 0 Å². The fourth-order valence-electron chi connectivity index (χ4n) is 12.9. The van der Waals surface area contributed by atoms with E-state index >= 15 is 0 Å². The van der Waals surface area contributed by atoms with Crippen molar-refractivity contribution < 1.29 is 26.3 Å². The van der Waals surface area contributed by atoms with Crippen LogP contribution in [0.2, 0.25) is 78.6 Å². The number of rotatable bonds is 10. The van der Waals surface area contributed by atoms with E-state index in [2.05, 4.69) is 221 Å². The van der Waals surface area contributed by atoms with Gasteiger partial charge in [-0.25, -0.2) is 0 Å². The summed E-state index contributed by atoms with van der Waals surface area (Å²) in [6.07, 6.45) is -8.90. The van der Waals surface area contributed by atoms with E-state index in [1.807, 2.05) is 24.3 Å². The van der Waals surface area contributed by atoms with Gasteiger partial charge in [-0.05, 0) is 139 Å². The first-order valence-corrected chi connectivity index (χ1v) is 44.2. The number of halogens is 6. The predicted molar refractivity (Wildman–Crippen MR) is 374 cm³/mol. The van der Waals surface area contributed by atoms with Crippen molar-refractivity contribution in [3.63, 3.8) is 0 Å². The van der Waals surface area contributed by atoms with Crippen molar-refractivity contribution in [2.24, 2.45) is 0 Å². The Morgan fingerprint density at radius 1 is 0.239 bits per heavy atom. The molecule has 0 saturated heterocycles. The van der Waals surface area contributed by atoms with Crippen LogP contribution < -0.4 is 20.7 Å². The summed E-state index contributed by atoms with van der Waals surface area (Å²) < 4.78 is 87.6. The molecule has 0 aliphatic rings. The molecule has 2 heterocycles. The van der Waals surface area contributed by atoms with E-state index in [-0.39, 0.29) is 0 Å². The molecule has 2 aromatic heterocycles. The Hall–Kier alpha value is -8.01. The number of nitrogens with zero attached hydrogens (tertiary/aromatic N) is 2. The largest absolute Gasteiger partial charge is 0.416 e. The second kappa shape index (κ2) is 20.8. The Labute approximate surface area is 514 Å². The standard InChI is InChI=1S/C76H70F6N2Si4/c1-85(2,3)57-31-37-69-63(43-57)64-44-58(86(4,5)6)32-38-70(64)83(69)55-29-35-61-67(41-55)73(51-17-13-47(14-18-51)49-21-25-53(26-22-49)75(77,78)79)62-36-30-56(42-68(62)74(61)52-19-15-48(16-20-52)50-23-27-54(28-24-50)76(80,81)82)84-71-39-33-59(87(7,8)9)45-65(71)66-46-60(88(10,11)12)34-40-72(66)84/h13-46H,1-12H3. The third kappa shape index (κ3) is 10.5. The van der Waals surface area contributed by atoms with Gasteiger partial charge in [-0.1, -0.05) is 233 Å². The molecule has 442 valence electrons. The highest BCUT2D eigenvalue weighted by Crippen LogP contribution is 2.48. The van der Waals surface area contributed by atoms with Crippen LogP contribution in [0.25, 0.3) is 121 Å². The van der Waals surface area contributed by atoms with Crippen LogP contribution in [0.4, 0.5) is 26.3 Å². The minimum absolute atomic E-state index is 0.678. The smallest absolute Gasteiger partial charge is 0.309 e. The molecule has 0 amide bonds. The Morgan fingerprint density at radius 2 is 0.477 bits per heavy atom. The van der Waals surface area contributed by atoms with Gasteiger partial charge in [0.2, 0.25) is 0 Å². The van der Waals surface area contributed by atoms with Crippen LogP contribution in [0.15, 0.2) is 206 Å². The van der Waals surface area contributed by atoms with E-state index < -0.39 is 55.8 Å². The highest BCUT2D eigenvalue weighted by Gasteiger charge is 2.32. The molecule has 0 aliphatic heterocycles. The normalized spacial score (nSPS) is 13.1. The fraction of sp³-hybridized carbons (Fsp3) is 0.184. The number of hydrogen-bond donors (Lipinski definition) is 0. The molecule has 12 heteroatoms. The van der Waals surface area contributed by atoms with E-state index in [1.165, 1.54) is 66.6 Å². The first-order valence-electron chi connectivity index (χ1n) is 30.2. The van der Waals surface area contributed by atoms with Gasteiger partial charge in [-0.3, -0.25) is 0 Å². The molecule has 0 unspecified atom stereocenters. The second-order valence-electron chi connectivity index (χ2n) is 28.1. The first kappa shape index (κ1) is 59.0. The van der Waals surface area contributed by atoms with Gasteiger partial charge in [-0.2, -0.15) is 26.3 Å². The summed E-state index contributed by atoms with van der Waals surface area (Å²) in [5.74, 6) is 0. The van der Waals surface area contributed by atoms with Gasteiger partial charge in [0.05, 0.1) is 65.5 Å². The summed E-state index contributed by atoms with van der Waals surface area (Å²) in [5.41, 5.74) is 11.9. The quantitative estimate of drug-likeness (QED) is 0.0734. The molecule has 0 aliphatic carbocycles. The third-order valence-electron chi connectivity index (χ3n) is 18.0. The van der Waals surface area contributed by atoms with E-state index in [0.29, 0.717) is 11.1 Å². The van der Waals surface area contributed by atoms with Gasteiger partial charge in [0.1, 0.15) is 0 Å². The highest BCUT2D eigenvalue weighted by atomic mass is 28.3. The maximum atomic E-state index is 13.8. The van der Waals surface area contributed by atoms with Crippen molar-refractivity contribution in [1.29, 1.82) is 0 Å². The van der Waals surface area contributed by atoms with Gasteiger partial charge in [0, 0.05) is 32.9 Å². The van der Waals surface area contributed by atoms with Crippen LogP contribution in [-0.2, 0) is 12.4 Å². The Bertz CT molecular complexity index is 4470. The average Bonchev–Trinajstić information content (AvgIpc) is 1.32. The van der Waals surface area contributed by atoms with Crippen molar-refractivity contribution >= 4 is 118 Å². The molecule has 0 atom stereocenters. The molecule has 11 aromatic carbocycles. The molecule has 13 rings (SSSR count). The number of alkyl halides is 6. The lowest BCUT2D eigenvalue weighted by Crippen LogP contribution is -2.37. The molecular formula is C76H70F6N2Si4. The zero-order valence-corrected chi connectivity index (χ0v) is 55.8. The monoisotopic (exact) mass is 1240 g/mol. The molecule has 0 bridgehead atoms. The number of fused-ring (bicyclic) bond motifs is 8. The van der Waals surface area contributed by atoms with Gasteiger partial charge in [0.15, 0.2) is 0 Å². The molecule has 0 radical (unpaired) electrons. The molecule has 0 fully saturated rings. The maximum absolute atomic E-state index is 13.8. The lowest BCUT2D eigenvalue weighted by molar-refractivity contribution is -0.138. The molecule has 13 aromatic rings. The Kier molecular flexibility index (Phi) is 13.9. The second-order valence-corrected chi connectivity index (χ2v) is 48.4. The topological polar surface area (TPSA) is 9.86 Å². The summed E-state index contributed by atoms with van der Waals surface area (Å²) >= 11 is 0. The molecular weight excluding hydrogens is 1170 g/mol. The van der Waals surface area contributed by atoms with Crippen LogP contribution in [0.3, 0.4) is 0 Å². The van der Waals surface area contributed by atoms with Gasteiger partial charge in [-0.15, -0.1) is 0 Å². The van der Waals surface area contributed by atoms with Crippen molar-refractivity contribution in [1.82, 2.24) is 9.13 Å². The van der Waals surface area contributed by atoms with Crippen molar-refractivity contribution in [3.8, 4) is 55.9 Å². The fourth-order valence-corrected chi connectivity index (χ4v) is 17.6. The highest BCUT2D eigenvalue weighted by molar-refractivity contribution is 6.90. The maximum Gasteiger partial charge on any atom is 0.416 e. The van der Waals surface area contributed by atoms with Gasteiger partial charge < -0.3 is 9.13 Å². The Balaban J connectivity index is 1.12. The summed E-state index contributed by atoms with van der Waals surface area (Å²) in [6.45, 7) is 28.7. The zero-order chi connectivity index (χ0) is 62.4. The lowest BCUT2D eigenvalue weighted by atomic mass is 9.85. The predicted octanol–water partition coefficient (Wildman–Crippen LogP) is 21.1. The lowest BCUT2D eigenvalue weighted by Gasteiger charge is -2.21. The van der Waals surface area contributed by atoms with Crippen LogP contribution >= 0.6 is 0 Å². The minimum atomic E-state index is -4.45. The third-order valence-corrected chi connectivity index (χ3v) is 26.2. The SMILES string of the molecule is C[Si](C)(C)c1ccc2c(c1)c1cc([Si](C)(C)C)ccc1n2-c1ccc2c(-c3ccc(-c4ccc(C(F)(F)F)cc4)cc3)c3cc(-n4c5ccc([Si](C)(C)C)cc5c5cc([Si](C)(C)C)ccc54)ccc3c(-c3ccc(-c4ccc(C(F)(F)F)cc4)cc3)c2c1. The van der Waals surface area contributed by atoms with Gasteiger partial charge >= 0.3 is 12.4 Å². The summed E-state index contributed by atoms with van der Waals surface area (Å²) in [7, 11) is -6.90. The summed E-state index contributed by atoms with van der Waals surface area (Å²) in [4.78, 5) is 0. The van der Waals surface area contributed by atoms with Crippen molar-refractivity contribution in [2.45, 2.75) is 90.9 Å². The van der Waals surface area contributed by atoms with E-state index in [0.717, 1.165) is 113 Å². The van der Waals surface area contributed by atoms with Crippen LogP contribution in [0, 0.1) is 0 Å². The molecule has 0 spiro atoms. The van der Waals surface area contributed by atoms with E-state index in [9.17, 15) is 26.3 Å². The van der Waals surface area contributed by atoms with Crippen LogP contribution in [-0.4, -0.2) is 41.4 Å². The molecule has 0 N–H and O–H groups in total. The Morgan fingerprint density at radius 3 is 0.716 bits per heavy atom. The van der Waals surface area contributed by atoms with Crippen LogP contribution in [0.1, 0.15) is 11.1 Å². The average molecular weight is 1240 g/mol. The zero-order valence-electron chi connectivity index (χ0n) is 51.8. The van der Waals surface area contributed by atoms with E-state index in [1.54, 1.807) is 0 Å². The molecule has 0 saturated carbocycles. The molecule has 2 nitrogen and oxygen atoms in total. The number of benzene rings is 11. The first-order chi connectivity index (χ1) is 41.4. The number of hydrogen-bond acceptors (Lipinski definition) is 0. The van der Waals surface area contributed by atoms with Crippen molar-refractivity contribution in [2.75, 3.05) is 0 Å². The van der Waals surface area contributed by atoms with E-state index in [4.69, 9.17) is 0 Å². The number of aromatic nitrogens is 2. The minimum Gasteiger partial charge on any atom is -0.309 e. The van der Waals surface area contributed by atoms with Crippen molar-refractivity contribution in [3.05, 3.63) is 217 Å². The summed E-state index contributed by atoms with van der Waals surface area (Å²) in [6, 6.07) is 69.0. The molecule has 88 heavy (non-hydrogen) atoms.